The smallest absolute Gasteiger partial charge is 0.311 e. The Kier molecular flexibility index (Phi) is 3.00. The van der Waals surface area contributed by atoms with E-state index in [1.54, 1.807) is 4.68 Å². The first-order chi connectivity index (χ1) is 9.61. The van der Waals surface area contributed by atoms with Gasteiger partial charge in [0.15, 0.2) is 5.82 Å². The zero-order chi connectivity index (χ0) is 14.2. The molecule has 1 aliphatic rings. The van der Waals surface area contributed by atoms with E-state index in [-0.39, 0.29) is 0 Å². The molecule has 1 N–H and O–H groups in total. The van der Waals surface area contributed by atoms with E-state index in [2.05, 4.69) is 15.5 Å². The van der Waals surface area contributed by atoms with Crippen LogP contribution in [0.4, 0.5) is 0 Å². The van der Waals surface area contributed by atoms with Crippen LogP contribution in [0.15, 0.2) is 24.3 Å². The molecule has 0 spiro atoms. The van der Waals surface area contributed by atoms with Crippen molar-refractivity contribution in [1.82, 2.24) is 20.2 Å². The van der Waals surface area contributed by atoms with Gasteiger partial charge in [0, 0.05) is 5.56 Å². The van der Waals surface area contributed by atoms with E-state index in [4.69, 9.17) is 0 Å². The summed E-state index contributed by atoms with van der Waals surface area (Å²) in [7, 11) is 0. The number of hydrogen-bond acceptors (Lipinski definition) is 4. The van der Waals surface area contributed by atoms with Crippen LogP contribution in [-0.4, -0.2) is 31.3 Å². The third kappa shape index (κ3) is 2.07. The molecule has 1 aliphatic carbocycles. The van der Waals surface area contributed by atoms with Gasteiger partial charge < -0.3 is 5.11 Å². The Morgan fingerprint density at radius 3 is 2.60 bits per heavy atom. The van der Waals surface area contributed by atoms with Crippen molar-refractivity contribution in [2.45, 2.75) is 32.7 Å². The fourth-order valence-corrected chi connectivity index (χ4v) is 2.55. The molecule has 6 heteroatoms. The van der Waals surface area contributed by atoms with Crippen molar-refractivity contribution >= 4 is 5.97 Å². The monoisotopic (exact) mass is 272 g/mol. The Morgan fingerprint density at radius 1 is 1.35 bits per heavy atom. The van der Waals surface area contributed by atoms with Gasteiger partial charge in [0.25, 0.3) is 0 Å². The molecule has 1 heterocycles. The first-order valence-corrected chi connectivity index (χ1v) is 6.67. The van der Waals surface area contributed by atoms with Gasteiger partial charge in [0.2, 0.25) is 0 Å². The number of aryl methyl sites for hydroxylation is 1. The molecule has 1 aromatic heterocycles. The van der Waals surface area contributed by atoms with Crippen molar-refractivity contribution in [3.8, 4) is 11.4 Å². The predicted molar refractivity (Wildman–Crippen MR) is 71.9 cm³/mol. The molecule has 0 aliphatic heterocycles. The number of aromatic nitrogens is 4. The summed E-state index contributed by atoms with van der Waals surface area (Å²) in [5.41, 5.74) is 1.36. The van der Waals surface area contributed by atoms with Gasteiger partial charge in [-0.3, -0.25) is 4.79 Å². The summed E-state index contributed by atoms with van der Waals surface area (Å²) in [5, 5.41) is 21.1. The van der Waals surface area contributed by atoms with Crippen LogP contribution in [0.5, 0.6) is 0 Å². The number of benzene rings is 1. The summed E-state index contributed by atoms with van der Waals surface area (Å²) >= 11 is 0. The molecule has 1 aromatic carbocycles. The molecule has 1 fully saturated rings. The van der Waals surface area contributed by atoms with E-state index in [0.717, 1.165) is 17.5 Å². The van der Waals surface area contributed by atoms with Crippen molar-refractivity contribution in [2.75, 3.05) is 0 Å². The minimum atomic E-state index is -0.755. The molecule has 0 radical (unpaired) electrons. The SMILES string of the molecule is Cc1ccc(-c2nnnn2CC2(C(=O)O)CCC2)cc1. The molecule has 0 unspecified atom stereocenters. The summed E-state index contributed by atoms with van der Waals surface area (Å²) in [5.74, 6) is -0.133. The van der Waals surface area contributed by atoms with Crippen molar-refractivity contribution in [3.63, 3.8) is 0 Å². The maximum atomic E-state index is 11.4. The molecule has 3 rings (SSSR count). The third-order valence-electron chi connectivity index (χ3n) is 4.06. The van der Waals surface area contributed by atoms with Gasteiger partial charge in [0.05, 0.1) is 12.0 Å². The first kappa shape index (κ1) is 12.8. The number of carboxylic acid groups (broad SMARTS) is 1. The third-order valence-corrected chi connectivity index (χ3v) is 4.06. The Balaban J connectivity index is 1.91. The highest BCUT2D eigenvalue weighted by Gasteiger charge is 2.45. The van der Waals surface area contributed by atoms with E-state index < -0.39 is 11.4 Å². The lowest BCUT2D eigenvalue weighted by atomic mass is 9.69. The van der Waals surface area contributed by atoms with Crippen LogP contribution in [0.2, 0.25) is 0 Å². The van der Waals surface area contributed by atoms with Crippen LogP contribution in [0.1, 0.15) is 24.8 Å². The lowest BCUT2D eigenvalue weighted by molar-refractivity contribution is -0.156. The number of aliphatic carboxylic acids is 1. The lowest BCUT2D eigenvalue weighted by Gasteiger charge is -2.37. The zero-order valence-corrected chi connectivity index (χ0v) is 11.3. The molecule has 2 aromatic rings. The number of rotatable bonds is 4. The van der Waals surface area contributed by atoms with Gasteiger partial charge in [-0.15, -0.1) is 5.10 Å². The van der Waals surface area contributed by atoms with Crippen LogP contribution in [0.25, 0.3) is 11.4 Å². The summed E-state index contributed by atoms with van der Waals surface area (Å²) in [6, 6.07) is 7.88. The van der Waals surface area contributed by atoms with Gasteiger partial charge in [-0.2, -0.15) is 0 Å². The van der Waals surface area contributed by atoms with Crippen molar-refractivity contribution in [3.05, 3.63) is 29.8 Å². The van der Waals surface area contributed by atoms with Gasteiger partial charge in [-0.05, 0) is 30.2 Å². The minimum absolute atomic E-state index is 0.332. The number of nitrogens with zero attached hydrogens (tertiary/aromatic N) is 4. The van der Waals surface area contributed by atoms with E-state index in [0.29, 0.717) is 25.2 Å². The second kappa shape index (κ2) is 4.70. The topological polar surface area (TPSA) is 80.9 Å². The first-order valence-electron chi connectivity index (χ1n) is 6.67. The molecule has 104 valence electrons. The predicted octanol–water partition coefficient (Wildman–Crippen LogP) is 1.90. The largest absolute Gasteiger partial charge is 0.481 e. The molecule has 20 heavy (non-hydrogen) atoms. The van der Waals surface area contributed by atoms with Crippen LogP contribution >= 0.6 is 0 Å². The fraction of sp³-hybridized carbons (Fsp3) is 0.429. The maximum absolute atomic E-state index is 11.4. The highest BCUT2D eigenvalue weighted by atomic mass is 16.4. The summed E-state index contributed by atoms with van der Waals surface area (Å²) < 4.78 is 1.61. The molecule has 0 bridgehead atoms. The molecule has 6 nitrogen and oxygen atoms in total. The Bertz CT molecular complexity index is 629. The quantitative estimate of drug-likeness (QED) is 0.919. The Morgan fingerprint density at radius 2 is 2.05 bits per heavy atom. The molecular weight excluding hydrogens is 256 g/mol. The molecular formula is C14H16N4O2. The van der Waals surface area contributed by atoms with E-state index >= 15 is 0 Å². The standard InChI is InChI=1S/C14H16N4O2/c1-10-3-5-11(6-4-10)12-15-16-17-18(12)9-14(13(19)20)7-2-8-14/h3-6H,2,7-9H2,1H3,(H,19,20). The second-order valence-electron chi connectivity index (χ2n) is 5.47. The number of hydrogen-bond donors (Lipinski definition) is 1. The van der Waals surface area contributed by atoms with Crippen molar-refractivity contribution in [1.29, 1.82) is 0 Å². The summed E-state index contributed by atoms with van der Waals surface area (Å²) in [6.45, 7) is 2.35. The minimum Gasteiger partial charge on any atom is -0.481 e. The van der Waals surface area contributed by atoms with Crippen molar-refractivity contribution < 1.29 is 9.90 Å². The molecule has 0 atom stereocenters. The Labute approximate surface area is 116 Å². The fourth-order valence-electron chi connectivity index (χ4n) is 2.55. The van der Waals surface area contributed by atoms with Gasteiger partial charge in [-0.1, -0.05) is 36.2 Å². The van der Waals surface area contributed by atoms with Gasteiger partial charge in [0.1, 0.15) is 0 Å². The molecule has 0 amide bonds. The molecule has 0 saturated heterocycles. The highest BCUT2D eigenvalue weighted by molar-refractivity contribution is 5.75. The van der Waals surface area contributed by atoms with Crippen LogP contribution in [-0.2, 0) is 11.3 Å². The second-order valence-corrected chi connectivity index (χ2v) is 5.47. The number of carboxylic acids is 1. The van der Waals surface area contributed by atoms with Gasteiger partial charge >= 0.3 is 5.97 Å². The average Bonchev–Trinajstić information content (AvgIpc) is 2.82. The summed E-state index contributed by atoms with van der Waals surface area (Å²) in [6.07, 6.45) is 2.33. The van der Waals surface area contributed by atoms with Gasteiger partial charge in [-0.25, -0.2) is 4.68 Å². The zero-order valence-electron chi connectivity index (χ0n) is 11.3. The Hall–Kier alpha value is -2.24. The van der Waals surface area contributed by atoms with E-state index in [9.17, 15) is 9.90 Å². The van der Waals surface area contributed by atoms with Crippen LogP contribution in [0, 0.1) is 12.3 Å². The summed E-state index contributed by atoms with van der Waals surface area (Å²) in [4.78, 5) is 11.4. The van der Waals surface area contributed by atoms with E-state index in [1.165, 1.54) is 0 Å². The van der Waals surface area contributed by atoms with Crippen LogP contribution in [0.3, 0.4) is 0 Å². The molecule has 1 saturated carbocycles. The van der Waals surface area contributed by atoms with Crippen LogP contribution < -0.4 is 0 Å². The van der Waals surface area contributed by atoms with Crippen molar-refractivity contribution in [2.24, 2.45) is 5.41 Å². The number of carbonyl (C=O) groups is 1. The normalized spacial score (nSPS) is 16.6. The maximum Gasteiger partial charge on any atom is 0.311 e. The number of tetrazole rings is 1. The van der Waals surface area contributed by atoms with E-state index in [1.807, 2.05) is 31.2 Å². The average molecular weight is 272 g/mol. The highest BCUT2D eigenvalue weighted by Crippen LogP contribution is 2.43. The lowest BCUT2D eigenvalue weighted by Crippen LogP contribution is -2.42.